The van der Waals surface area contributed by atoms with Crippen molar-refractivity contribution in [2.45, 2.75) is 33.2 Å². The predicted molar refractivity (Wildman–Crippen MR) is 84.3 cm³/mol. The van der Waals surface area contributed by atoms with E-state index in [2.05, 4.69) is 24.0 Å². The van der Waals surface area contributed by atoms with Gasteiger partial charge in [0.25, 0.3) is 0 Å². The molecule has 0 saturated heterocycles. The Morgan fingerprint density at radius 3 is 2.60 bits per heavy atom. The Morgan fingerprint density at radius 1 is 1.45 bits per heavy atom. The van der Waals surface area contributed by atoms with Crippen molar-refractivity contribution in [2.75, 3.05) is 13.6 Å². The van der Waals surface area contributed by atoms with E-state index in [0.717, 1.165) is 23.6 Å². The van der Waals surface area contributed by atoms with Crippen molar-refractivity contribution in [2.24, 2.45) is 16.3 Å². The van der Waals surface area contributed by atoms with Gasteiger partial charge in [0.1, 0.15) is 5.84 Å². The quantitative estimate of drug-likeness (QED) is 0.366. The van der Waals surface area contributed by atoms with Crippen LogP contribution in [-0.2, 0) is 0 Å². The summed E-state index contributed by atoms with van der Waals surface area (Å²) in [6.45, 7) is 6.89. The van der Waals surface area contributed by atoms with Crippen LogP contribution in [0.15, 0.2) is 29.4 Å². The topological polar surface area (TPSA) is 61.8 Å². The number of amidine groups is 1. The Balaban J connectivity index is 2.68. The third-order valence-electron chi connectivity index (χ3n) is 3.91. The minimum Gasteiger partial charge on any atom is -0.409 e. The van der Waals surface area contributed by atoms with Gasteiger partial charge in [-0.1, -0.05) is 48.8 Å². The molecular formula is C15H24ClN3O. The van der Waals surface area contributed by atoms with Crippen LogP contribution in [0.1, 0.15) is 38.8 Å². The Bertz CT molecular complexity index is 474. The first kappa shape index (κ1) is 16.8. The van der Waals surface area contributed by atoms with E-state index in [9.17, 15) is 0 Å². The predicted octanol–water partition coefficient (Wildman–Crippen LogP) is 3.50. The second-order valence-electron chi connectivity index (χ2n) is 5.80. The summed E-state index contributed by atoms with van der Waals surface area (Å²) in [7, 11) is 2.05. The summed E-state index contributed by atoms with van der Waals surface area (Å²) in [4.78, 5) is 2.22. The van der Waals surface area contributed by atoms with Gasteiger partial charge in [0.2, 0.25) is 0 Å². The van der Waals surface area contributed by atoms with Gasteiger partial charge < -0.3 is 10.9 Å². The fourth-order valence-electron chi connectivity index (χ4n) is 1.96. The average Bonchev–Trinajstić information content (AvgIpc) is 2.43. The molecule has 1 aromatic rings. The van der Waals surface area contributed by atoms with Gasteiger partial charge in [-0.05, 0) is 38.6 Å². The Labute approximate surface area is 126 Å². The van der Waals surface area contributed by atoms with Crippen LogP contribution in [-0.4, -0.2) is 29.5 Å². The first-order valence-electron chi connectivity index (χ1n) is 6.72. The second-order valence-corrected chi connectivity index (χ2v) is 6.20. The van der Waals surface area contributed by atoms with Gasteiger partial charge >= 0.3 is 0 Å². The summed E-state index contributed by atoms with van der Waals surface area (Å²) >= 11 is 6.23. The van der Waals surface area contributed by atoms with Crippen molar-refractivity contribution >= 4 is 17.4 Å². The normalized spacial score (nSPS) is 14.6. The van der Waals surface area contributed by atoms with Crippen LogP contribution in [0.3, 0.4) is 0 Å². The molecule has 0 aliphatic rings. The van der Waals surface area contributed by atoms with Gasteiger partial charge in [0.15, 0.2) is 0 Å². The summed E-state index contributed by atoms with van der Waals surface area (Å²) in [6, 6.07) is 8.08. The molecule has 1 rings (SSSR count). The molecule has 5 heteroatoms. The van der Waals surface area contributed by atoms with E-state index in [-0.39, 0.29) is 17.3 Å². The van der Waals surface area contributed by atoms with E-state index >= 15 is 0 Å². The van der Waals surface area contributed by atoms with Gasteiger partial charge in [-0.3, -0.25) is 4.90 Å². The molecule has 20 heavy (non-hydrogen) atoms. The zero-order valence-corrected chi connectivity index (χ0v) is 13.4. The van der Waals surface area contributed by atoms with Crippen molar-refractivity contribution in [3.05, 3.63) is 34.9 Å². The highest BCUT2D eigenvalue weighted by Gasteiger charge is 2.25. The number of nitrogens with two attached hydrogens (primary N) is 1. The number of hydrogen-bond donors (Lipinski definition) is 2. The van der Waals surface area contributed by atoms with E-state index < -0.39 is 0 Å². The van der Waals surface area contributed by atoms with E-state index in [1.54, 1.807) is 0 Å². The average molecular weight is 298 g/mol. The lowest BCUT2D eigenvalue weighted by molar-refractivity contribution is 0.231. The molecular weight excluding hydrogens is 274 g/mol. The fourth-order valence-corrected chi connectivity index (χ4v) is 2.26. The fraction of sp³-hybridized carbons (Fsp3) is 0.533. The van der Waals surface area contributed by atoms with Gasteiger partial charge in [-0.2, -0.15) is 0 Å². The maximum atomic E-state index is 8.79. The van der Waals surface area contributed by atoms with Gasteiger partial charge in [-0.25, -0.2) is 0 Å². The maximum Gasteiger partial charge on any atom is 0.144 e. The summed E-state index contributed by atoms with van der Waals surface area (Å²) in [5.74, 6) is 0.260. The standard InChI is InChI=1S/C15H24ClN3O/c1-11(12-7-5-6-8-13(12)16)19(4)10-9-15(2,3)14(17)18-20/h5-8,11,20H,9-10H2,1-4H3,(H2,17,18). The van der Waals surface area contributed by atoms with E-state index in [4.69, 9.17) is 22.5 Å². The lowest BCUT2D eigenvalue weighted by Crippen LogP contribution is -2.36. The number of oxime groups is 1. The summed E-state index contributed by atoms with van der Waals surface area (Å²) < 4.78 is 0. The van der Waals surface area contributed by atoms with Gasteiger partial charge in [-0.15, -0.1) is 0 Å². The SMILES string of the molecule is CC(c1ccccc1Cl)N(C)CCC(C)(C)C(N)=NO. The third-order valence-corrected chi connectivity index (χ3v) is 4.25. The minimum atomic E-state index is -0.330. The monoisotopic (exact) mass is 297 g/mol. The van der Waals surface area contributed by atoms with Crippen LogP contribution in [0.25, 0.3) is 0 Å². The maximum absolute atomic E-state index is 8.79. The zero-order chi connectivity index (χ0) is 15.3. The van der Waals surface area contributed by atoms with Crippen LogP contribution in [0.2, 0.25) is 5.02 Å². The second kappa shape index (κ2) is 6.95. The van der Waals surface area contributed by atoms with Crippen LogP contribution in [0.4, 0.5) is 0 Å². The van der Waals surface area contributed by atoms with E-state index in [1.165, 1.54) is 0 Å². The highest BCUT2D eigenvalue weighted by molar-refractivity contribution is 6.31. The Morgan fingerprint density at radius 2 is 2.05 bits per heavy atom. The van der Waals surface area contributed by atoms with Crippen LogP contribution in [0.5, 0.6) is 0 Å². The molecule has 4 nitrogen and oxygen atoms in total. The number of nitrogens with zero attached hydrogens (tertiary/aromatic N) is 2. The molecule has 3 N–H and O–H groups in total. The Hall–Kier alpha value is -1.26. The molecule has 0 heterocycles. The number of hydrogen-bond acceptors (Lipinski definition) is 3. The van der Waals surface area contributed by atoms with Crippen LogP contribution < -0.4 is 5.73 Å². The van der Waals surface area contributed by atoms with Crippen molar-refractivity contribution in [3.8, 4) is 0 Å². The largest absolute Gasteiger partial charge is 0.409 e. The van der Waals surface area contributed by atoms with Crippen molar-refractivity contribution in [3.63, 3.8) is 0 Å². The Kier molecular flexibility index (Phi) is 5.84. The zero-order valence-electron chi connectivity index (χ0n) is 12.6. The van der Waals surface area contributed by atoms with Crippen molar-refractivity contribution in [1.82, 2.24) is 4.90 Å². The smallest absolute Gasteiger partial charge is 0.144 e. The lowest BCUT2D eigenvalue weighted by Gasteiger charge is -2.30. The van der Waals surface area contributed by atoms with Crippen LogP contribution >= 0.6 is 11.6 Å². The molecule has 0 aromatic heterocycles. The minimum absolute atomic E-state index is 0.215. The van der Waals surface area contributed by atoms with Crippen molar-refractivity contribution < 1.29 is 5.21 Å². The van der Waals surface area contributed by atoms with Crippen molar-refractivity contribution in [1.29, 1.82) is 0 Å². The highest BCUT2D eigenvalue weighted by atomic mass is 35.5. The molecule has 0 radical (unpaired) electrons. The summed E-state index contributed by atoms with van der Waals surface area (Å²) in [5, 5.41) is 12.7. The molecule has 0 bridgehead atoms. The van der Waals surface area contributed by atoms with E-state index in [0.29, 0.717) is 0 Å². The highest BCUT2D eigenvalue weighted by Crippen LogP contribution is 2.28. The molecule has 0 saturated carbocycles. The molecule has 0 fully saturated rings. The molecule has 1 aromatic carbocycles. The first-order chi connectivity index (χ1) is 9.29. The molecule has 1 unspecified atom stereocenters. The molecule has 112 valence electrons. The lowest BCUT2D eigenvalue weighted by atomic mass is 9.87. The molecule has 0 aliphatic heterocycles. The molecule has 0 amide bonds. The van der Waals surface area contributed by atoms with E-state index in [1.807, 2.05) is 38.1 Å². The number of halogens is 1. The first-order valence-corrected chi connectivity index (χ1v) is 7.10. The number of benzene rings is 1. The molecule has 1 atom stereocenters. The van der Waals surface area contributed by atoms with Gasteiger partial charge in [0.05, 0.1) is 0 Å². The number of rotatable bonds is 6. The summed E-state index contributed by atoms with van der Waals surface area (Å²) in [6.07, 6.45) is 0.800. The molecule has 0 aliphatic carbocycles. The van der Waals surface area contributed by atoms with Crippen LogP contribution in [0, 0.1) is 5.41 Å². The third kappa shape index (κ3) is 4.12. The molecule has 0 spiro atoms. The van der Waals surface area contributed by atoms with Gasteiger partial charge in [0, 0.05) is 16.5 Å². The summed E-state index contributed by atoms with van der Waals surface area (Å²) in [5.41, 5.74) is 6.49.